The Hall–Kier alpha value is -6.34. The molecular formula is C38H22N6O. The molecule has 10 rings (SSSR count). The first-order valence-electron chi connectivity index (χ1n) is 14.8. The fraction of sp³-hybridized carbons (Fsp3) is 0. The molecule has 5 heterocycles. The summed E-state index contributed by atoms with van der Waals surface area (Å²) in [5.74, 6) is 1.36. The molecule has 0 bridgehead atoms. The van der Waals surface area contributed by atoms with E-state index in [9.17, 15) is 0 Å². The quantitative estimate of drug-likeness (QED) is 0.209. The fourth-order valence-electron chi connectivity index (χ4n) is 6.89. The van der Waals surface area contributed by atoms with Gasteiger partial charge in [0.15, 0.2) is 0 Å². The molecule has 0 N–H and O–H groups in total. The van der Waals surface area contributed by atoms with Crippen molar-refractivity contribution in [3.63, 3.8) is 0 Å². The molecule has 5 aromatic carbocycles. The van der Waals surface area contributed by atoms with Crippen molar-refractivity contribution >= 4 is 65.7 Å². The molecule has 0 spiro atoms. The molecule has 0 radical (unpaired) electrons. The number of nitrogens with zero attached hydrogens (tertiary/aromatic N) is 6. The molecule has 0 fully saturated rings. The average molecular weight is 579 g/mol. The number of aromatic nitrogens is 6. The van der Waals surface area contributed by atoms with Gasteiger partial charge in [0.25, 0.3) is 0 Å². The third kappa shape index (κ3) is 3.34. The molecule has 0 aliphatic heterocycles. The van der Waals surface area contributed by atoms with Gasteiger partial charge < -0.3 is 4.42 Å². The molecule has 0 aliphatic rings. The third-order valence-electron chi connectivity index (χ3n) is 8.74. The summed E-state index contributed by atoms with van der Waals surface area (Å²) < 4.78 is 10.8. The van der Waals surface area contributed by atoms with Gasteiger partial charge in [-0.05, 0) is 30.3 Å². The number of benzene rings is 5. The Labute approximate surface area is 255 Å². The second kappa shape index (κ2) is 9.08. The zero-order chi connectivity index (χ0) is 29.5. The van der Waals surface area contributed by atoms with Crippen molar-refractivity contribution in [2.45, 2.75) is 0 Å². The van der Waals surface area contributed by atoms with Crippen LogP contribution in [-0.4, -0.2) is 29.1 Å². The fourth-order valence-corrected chi connectivity index (χ4v) is 6.89. The lowest BCUT2D eigenvalue weighted by Gasteiger charge is -2.10. The molecule has 0 unspecified atom stereocenters. The van der Waals surface area contributed by atoms with Crippen LogP contribution in [0.25, 0.3) is 88.7 Å². The first-order chi connectivity index (χ1) is 22.3. The van der Waals surface area contributed by atoms with Gasteiger partial charge in [-0.2, -0.15) is 4.98 Å². The van der Waals surface area contributed by atoms with Crippen molar-refractivity contribution in [2.24, 2.45) is 0 Å². The monoisotopic (exact) mass is 578 g/mol. The summed E-state index contributed by atoms with van der Waals surface area (Å²) in [6.07, 6.45) is 3.38. The van der Waals surface area contributed by atoms with Gasteiger partial charge in [-0.1, -0.05) is 91.0 Å². The molecule has 0 saturated heterocycles. The maximum Gasteiger partial charge on any atom is 0.238 e. The highest BCUT2D eigenvalue weighted by atomic mass is 16.3. The predicted octanol–water partition coefficient (Wildman–Crippen LogP) is 9.03. The zero-order valence-corrected chi connectivity index (χ0v) is 23.8. The lowest BCUT2D eigenvalue weighted by Crippen LogP contribution is -2.03. The molecule has 0 atom stereocenters. The second-order valence-electron chi connectivity index (χ2n) is 11.1. The average Bonchev–Trinajstić information content (AvgIpc) is 3.76. The van der Waals surface area contributed by atoms with Gasteiger partial charge in [0.05, 0.1) is 33.1 Å². The van der Waals surface area contributed by atoms with Gasteiger partial charge in [-0.15, -0.1) is 0 Å². The molecule has 7 heteroatoms. The number of furan rings is 1. The molecule has 45 heavy (non-hydrogen) atoms. The summed E-state index contributed by atoms with van der Waals surface area (Å²) in [5, 5.41) is 6.43. The zero-order valence-electron chi connectivity index (χ0n) is 23.8. The largest absolute Gasteiger partial charge is 0.437 e. The van der Waals surface area contributed by atoms with Crippen LogP contribution in [0.4, 0.5) is 0 Å². The van der Waals surface area contributed by atoms with E-state index in [0.29, 0.717) is 11.7 Å². The summed E-state index contributed by atoms with van der Waals surface area (Å²) >= 11 is 0. The lowest BCUT2D eigenvalue weighted by atomic mass is 10.1. The normalized spacial score (nSPS) is 12.0. The van der Waals surface area contributed by atoms with E-state index in [2.05, 4.69) is 98.0 Å². The minimum absolute atomic E-state index is 0.552. The Kier molecular flexibility index (Phi) is 4.87. The number of rotatable bonds is 3. The molecule has 210 valence electrons. The van der Waals surface area contributed by atoms with E-state index < -0.39 is 0 Å². The van der Waals surface area contributed by atoms with Crippen molar-refractivity contribution in [3.8, 4) is 23.0 Å². The topological polar surface area (TPSA) is 74.6 Å². The van der Waals surface area contributed by atoms with Crippen molar-refractivity contribution in [1.29, 1.82) is 0 Å². The Morgan fingerprint density at radius 2 is 1.27 bits per heavy atom. The lowest BCUT2D eigenvalue weighted by molar-refractivity contribution is 0.651. The van der Waals surface area contributed by atoms with Crippen LogP contribution in [-0.2, 0) is 0 Å². The van der Waals surface area contributed by atoms with Crippen LogP contribution < -0.4 is 0 Å². The third-order valence-corrected chi connectivity index (χ3v) is 8.74. The molecule has 0 aliphatic carbocycles. The van der Waals surface area contributed by atoms with Crippen molar-refractivity contribution in [3.05, 3.63) is 134 Å². The molecule has 0 amide bonds. The second-order valence-corrected chi connectivity index (χ2v) is 11.1. The van der Waals surface area contributed by atoms with Gasteiger partial charge in [-0.25, -0.2) is 15.0 Å². The van der Waals surface area contributed by atoms with Crippen LogP contribution in [0, 0.1) is 0 Å². The van der Waals surface area contributed by atoms with E-state index in [1.165, 1.54) is 0 Å². The Balaban J connectivity index is 1.38. The highest BCUT2D eigenvalue weighted by molar-refractivity contribution is 6.26. The molecule has 0 saturated carbocycles. The summed E-state index contributed by atoms with van der Waals surface area (Å²) in [4.78, 5) is 19.3. The van der Waals surface area contributed by atoms with Crippen molar-refractivity contribution < 1.29 is 4.42 Å². The van der Waals surface area contributed by atoms with E-state index in [0.717, 1.165) is 77.0 Å². The van der Waals surface area contributed by atoms with E-state index >= 15 is 0 Å². The van der Waals surface area contributed by atoms with Crippen molar-refractivity contribution in [2.75, 3.05) is 0 Å². The van der Waals surface area contributed by atoms with Gasteiger partial charge in [0.2, 0.25) is 11.7 Å². The smallest absolute Gasteiger partial charge is 0.238 e. The Morgan fingerprint density at radius 1 is 0.533 bits per heavy atom. The van der Waals surface area contributed by atoms with Crippen molar-refractivity contribution in [1.82, 2.24) is 29.1 Å². The molecule has 7 nitrogen and oxygen atoms in total. The van der Waals surface area contributed by atoms with Gasteiger partial charge >= 0.3 is 0 Å². The number of fused-ring (bicyclic) bond motifs is 10. The highest BCUT2D eigenvalue weighted by Crippen LogP contribution is 2.42. The maximum absolute atomic E-state index is 6.38. The maximum atomic E-state index is 6.38. The minimum Gasteiger partial charge on any atom is -0.437 e. The van der Waals surface area contributed by atoms with E-state index in [4.69, 9.17) is 14.4 Å². The Bertz CT molecular complexity index is 2760. The van der Waals surface area contributed by atoms with Gasteiger partial charge in [0.1, 0.15) is 17.7 Å². The van der Waals surface area contributed by atoms with E-state index in [-0.39, 0.29) is 0 Å². The highest BCUT2D eigenvalue weighted by Gasteiger charge is 2.24. The van der Waals surface area contributed by atoms with Gasteiger partial charge in [0, 0.05) is 38.7 Å². The molecule has 5 aromatic heterocycles. The van der Waals surface area contributed by atoms with E-state index in [1.54, 1.807) is 12.5 Å². The number of para-hydroxylation sites is 3. The Morgan fingerprint density at radius 3 is 2.09 bits per heavy atom. The van der Waals surface area contributed by atoms with E-state index in [1.807, 2.05) is 42.5 Å². The van der Waals surface area contributed by atoms with Crippen LogP contribution in [0.1, 0.15) is 0 Å². The van der Waals surface area contributed by atoms with Crippen LogP contribution in [0.15, 0.2) is 138 Å². The SMILES string of the molecule is c1ccc(-c2nc(-n3c4ccccc4c4c3ccc3c5ccccc5n(-c5ccncn5)c34)nc3oc4ccccc4c23)cc1. The minimum atomic E-state index is 0.552. The summed E-state index contributed by atoms with van der Waals surface area (Å²) in [7, 11) is 0. The number of hydrogen-bond acceptors (Lipinski definition) is 5. The van der Waals surface area contributed by atoms with Crippen LogP contribution in [0.2, 0.25) is 0 Å². The first-order valence-corrected chi connectivity index (χ1v) is 14.8. The number of hydrogen-bond donors (Lipinski definition) is 0. The van der Waals surface area contributed by atoms with Gasteiger partial charge in [-0.3, -0.25) is 9.13 Å². The molecular weight excluding hydrogens is 556 g/mol. The van der Waals surface area contributed by atoms with Crippen LogP contribution in [0.5, 0.6) is 0 Å². The predicted molar refractivity (Wildman–Crippen MR) is 179 cm³/mol. The standard InChI is InChI=1S/C38H22N6O/c1-2-10-23(11-3-1)35-34-27-14-6-9-17-31(27)45-37(34)42-38(41-35)43-29-16-8-5-13-26(29)33-30(43)19-18-25-24-12-4-7-15-28(24)44(36(25)33)32-20-21-39-22-40-32/h1-22H. The summed E-state index contributed by atoms with van der Waals surface area (Å²) in [6.45, 7) is 0. The van der Waals surface area contributed by atoms with Crippen LogP contribution >= 0.6 is 0 Å². The molecule has 10 aromatic rings. The van der Waals surface area contributed by atoms with Crippen LogP contribution in [0.3, 0.4) is 0 Å². The summed E-state index contributed by atoms with van der Waals surface area (Å²) in [6, 6.07) is 41.6. The summed E-state index contributed by atoms with van der Waals surface area (Å²) in [5.41, 5.74) is 7.35. The first kappa shape index (κ1) is 24.1.